The van der Waals surface area contributed by atoms with E-state index in [9.17, 15) is 18.3 Å². The summed E-state index contributed by atoms with van der Waals surface area (Å²) < 4.78 is 34.8. The molecule has 0 aliphatic rings. The highest BCUT2D eigenvalue weighted by molar-refractivity contribution is 7.89. The highest BCUT2D eigenvalue weighted by Gasteiger charge is 2.21. The van der Waals surface area contributed by atoms with Crippen LogP contribution in [0.4, 0.5) is 0 Å². The van der Waals surface area contributed by atoms with Gasteiger partial charge in [0.2, 0.25) is 10.0 Å². The summed E-state index contributed by atoms with van der Waals surface area (Å²) in [7, 11) is -3.22. The van der Waals surface area contributed by atoms with E-state index in [4.69, 9.17) is 4.74 Å². The highest BCUT2D eigenvalue weighted by Crippen LogP contribution is 2.19. The van der Waals surface area contributed by atoms with Crippen molar-refractivity contribution in [3.63, 3.8) is 0 Å². The molecule has 0 unspecified atom stereocenters. The van der Waals surface area contributed by atoms with Gasteiger partial charge in [0, 0.05) is 26.1 Å². The van der Waals surface area contributed by atoms with Gasteiger partial charge in [-0.25, -0.2) is 12.7 Å². The molecule has 0 bridgehead atoms. The minimum atomic E-state index is -3.22. The lowest BCUT2D eigenvalue weighted by Crippen LogP contribution is -2.35. The summed E-state index contributed by atoms with van der Waals surface area (Å²) in [6, 6.07) is 0. The van der Waals surface area contributed by atoms with E-state index in [2.05, 4.69) is 32.6 Å². The van der Waals surface area contributed by atoms with Crippen LogP contribution in [0.5, 0.6) is 0 Å². The number of aliphatic hydroxyl groups is 1. The first-order valence-corrected chi connectivity index (χ1v) is 28.0. The maximum Gasteiger partial charge on any atom is 0.306 e. The molecule has 0 saturated heterocycles. The van der Waals surface area contributed by atoms with Crippen LogP contribution in [0.3, 0.4) is 0 Å². The van der Waals surface area contributed by atoms with E-state index in [0.29, 0.717) is 26.1 Å². The summed E-state index contributed by atoms with van der Waals surface area (Å²) in [5.74, 6) is 0.277. The summed E-state index contributed by atoms with van der Waals surface area (Å²) in [5.41, 5.74) is 0. The van der Waals surface area contributed by atoms with Crippen LogP contribution >= 0.6 is 0 Å². The van der Waals surface area contributed by atoms with Crippen LogP contribution < -0.4 is 0 Å². The number of carbonyl (C=O) groups excluding carboxylic acids is 1. The van der Waals surface area contributed by atoms with Gasteiger partial charge in [0.15, 0.2) is 0 Å². The monoisotopic (exact) mass is 857 g/mol. The van der Waals surface area contributed by atoms with Crippen molar-refractivity contribution in [2.24, 2.45) is 0 Å². The molecule has 0 amide bonds. The molecule has 8 heteroatoms. The smallest absolute Gasteiger partial charge is 0.306 e. The summed E-state index contributed by atoms with van der Waals surface area (Å²) in [6.45, 7) is 13.2. The molecule has 0 saturated carbocycles. The lowest BCUT2D eigenvalue weighted by atomic mass is 10.0. The maximum atomic E-state index is 13.5. The number of esters is 1. The average Bonchev–Trinajstić information content (AvgIpc) is 3.22. The first kappa shape index (κ1) is 58.3. The van der Waals surface area contributed by atoms with Crippen molar-refractivity contribution in [1.82, 2.24) is 9.21 Å². The zero-order valence-corrected chi connectivity index (χ0v) is 41.1. The van der Waals surface area contributed by atoms with Crippen LogP contribution in [0, 0.1) is 0 Å². The molecule has 0 aliphatic carbocycles. The zero-order valence-electron chi connectivity index (χ0n) is 40.3. The summed E-state index contributed by atoms with van der Waals surface area (Å²) in [4.78, 5) is 15.1. The lowest BCUT2D eigenvalue weighted by Gasteiger charge is -2.23. The molecule has 0 atom stereocenters. The number of nitrogens with zero attached hydrogens (tertiary/aromatic N) is 2. The number of sulfonamides is 1. The first-order chi connectivity index (χ1) is 28.8. The summed E-state index contributed by atoms with van der Waals surface area (Å²) >= 11 is 0. The minimum absolute atomic E-state index is 0.00276. The Kier molecular flexibility index (Phi) is 44.8. The molecule has 0 fully saturated rings. The second-order valence-electron chi connectivity index (χ2n) is 18.2. The van der Waals surface area contributed by atoms with Gasteiger partial charge in [-0.05, 0) is 77.3 Å². The Balaban J connectivity index is 4.42. The molecule has 0 spiro atoms. The van der Waals surface area contributed by atoms with Crippen LogP contribution in [0.15, 0.2) is 0 Å². The van der Waals surface area contributed by atoms with Gasteiger partial charge in [-0.1, -0.05) is 201 Å². The van der Waals surface area contributed by atoms with Gasteiger partial charge in [0.05, 0.1) is 12.4 Å². The van der Waals surface area contributed by atoms with E-state index in [-0.39, 0.29) is 24.4 Å². The normalized spacial score (nSPS) is 12.1. The fraction of sp³-hybridized carbons (Fsp3) is 0.980. The SMILES string of the molecule is CCCCCCCCCCN(CCCCCCCC)S(=O)(=O)CCCCCCN(CCO)CCCCCCCC(=O)OC(CCCCCCCC)CCCCCCCC. The molecule has 0 aromatic carbocycles. The number of hydrogen-bond donors (Lipinski definition) is 1. The molecule has 0 heterocycles. The summed E-state index contributed by atoms with van der Waals surface area (Å²) in [6.07, 6.45) is 44.0. The Labute approximate surface area is 369 Å². The Hall–Kier alpha value is -0.700. The van der Waals surface area contributed by atoms with Crippen LogP contribution in [-0.2, 0) is 19.6 Å². The van der Waals surface area contributed by atoms with Crippen molar-refractivity contribution < 1.29 is 23.1 Å². The van der Waals surface area contributed by atoms with Crippen LogP contribution in [-0.4, -0.2) is 79.9 Å². The second-order valence-corrected chi connectivity index (χ2v) is 20.3. The van der Waals surface area contributed by atoms with Crippen molar-refractivity contribution in [2.45, 2.75) is 278 Å². The van der Waals surface area contributed by atoms with Crippen molar-refractivity contribution >= 4 is 16.0 Å². The number of ether oxygens (including phenoxy) is 1. The molecule has 0 aliphatic heterocycles. The van der Waals surface area contributed by atoms with Crippen molar-refractivity contribution in [1.29, 1.82) is 0 Å². The third-order valence-electron chi connectivity index (χ3n) is 12.4. The van der Waals surface area contributed by atoms with E-state index in [0.717, 1.165) is 109 Å². The van der Waals surface area contributed by atoms with Gasteiger partial charge < -0.3 is 14.7 Å². The molecule has 59 heavy (non-hydrogen) atoms. The van der Waals surface area contributed by atoms with Crippen LogP contribution in [0.25, 0.3) is 0 Å². The molecule has 0 rings (SSSR count). The maximum absolute atomic E-state index is 13.5. The van der Waals surface area contributed by atoms with Gasteiger partial charge in [-0.2, -0.15) is 0 Å². The van der Waals surface area contributed by atoms with Crippen molar-refractivity contribution in [3.8, 4) is 0 Å². The number of hydrogen-bond acceptors (Lipinski definition) is 6. The van der Waals surface area contributed by atoms with E-state index in [1.54, 1.807) is 0 Å². The Morgan fingerprint density at radius 1 is 0.441 bits per heavy atom. The fourth-order valence-corrected chi connectivity index (χ4v) is 10.0. The molecule has 1 N–H and O–H groups in total. The number of rotatable bonds is 49. The quantitative estimate of drug-likeness (QED) is 0.0484. The average molecular weight is 857 g/mol. The predicted octanol–water partition coefficient (Wildman–Crippen LogP) is 14.7. The molecular weight excluding hydrogens is 753 g/mol. The van der Waals surface area contributed by atoms with Gasteiger partial charge in [0.1, 0.15) is 6.10 Å². The Morgan fingerprint density at radius 2 is 0.780 bits per heavy atom. The summed E-state index contributed by atoms with van der Waals surface area (Å²) in [5, 5.41) is 9.68. The number of carbonyl (C=O) groups is 1. The lowest BCUT2D eigenvalue weighted by molar-refractivity contribution is -0.150. The number of unbranched alkanes of at least 4 members (excludes halogenated alkanes) is 29. The topological polar surface area (TPSA) is 87.2 Å². The van der Waals surface area contributed by atoms with Gasteiger partial charge >= 0.3 is 5.97 Å². The Morgan fingerprint density at radius 3 is 1.19 bits per heavy atom. The molecule has 354 valence electrons. The van der Waals surface area contributed by atoms with E-state index < -0.39 is 10.0 Å². The van der Waals surface area contributed by atoms with Gasteiger partial charge in [0.25, 0.3) is 0 Å². The van der Waals surface area contributed by atoms with Crippen molar-refractivity contribution in [3.05, 3.63) is 0 Å². The number of aliphatic hydroxyl groups excluding tert-OH is 1. The van der Waals surface area contributed by atoms with E-state index in [1.807, 2.05) is 4.31 Å². The third-order valence-corrected chi connectivity index (χ3v) is 14.3. The van der Waals surface area contributed by atoms with Crippen LogP contribution in [0.1, 0.15) is 272 Å². The molecule has 0 aromatic heterocycles. The van der Waals surface area contributed by atoms with E-state index in [1.165, 1.54) is 141 Å². The Bertz CT molecular complexity index is 948. The minimum Gasteiger partial charge on any atom is -0.462 e. The molecule has 0 aromatic rings. The molecule has 0 radical (unpaired) electrons. The molecular formula is C51H104N2O5S. The largest absolute Gasteiger partial charge is 0.462 e. The van der Waals surface area contributed by atoms with Gasteiger partial charge in [-0.15, -0.1) is 0 Å². The second kappa shape index (κ2) is 45.3. The predicted molar refractivity (Wildman–Crippen MR) is 257 cm³/mol. The van der Waals surface area contributed by atoms with Gasteiger partial charge in [-0.3, -0.25) is 4.79 Å². The third kappa shape index (κ3) is 39.9. The standard InChI is InChI=1S/C51H104N2O5S/c1-5-9-13-17-21-22-29-38-46-53(45-37-28-20-16-12-8-4)59(56,57)49-39-31-30-36-44-52(47-48-54)43-35-27-23-26-34-42-51(55)58-50(40-32-24-18-14-10-6-2)41-33-25-19-15-11-7-3/h50,54H,5-49H2,1-4H3. The zero-order chi connectivity index (χ0) is 43.3. The molecule has 7 nitrogen and oxygen atoms in total. The highest BCUT2D eigenvalue weighted by atomic mass is 32.2. The van der Waals surface area contributed by atoms with Crippen molar-refractivity contribution in [2.75, 3.05) is 45.1 Å². The van der Waals surface area contributed by atoms with E-state index >= 15 is 0 Å². The fourth-order valence-electron chi connectivity index (χ4n) is 8.41. The first-order valence-electron chi connectivity index (χ1n) is 26.3. The van der Waals surface area contributed by atoms with Crippen LogP contribution in [0.2, 0.25) is 0 Å².